The number of benzene rings is 1. The second kappa shape index (κ2) is 6.85. The fourth-order valence-corrected chi connectivity index (χ4v) is 1.92. The molecule has 1 amide bonds. The number of halogens is 1. The lowest BCUT2D eigenvalue weighted by atomic mass is 10.2. The summed E-state index contributed by atoms with van der Waals surface area (Å²) in [7, 11) is 0. The zero-order valence-corrected chi connectivity index (χ0v) is 11.8. The van der Waals surface area contributed by atoms with Crippen molar-refractivity contribution in [3.8, 4) is 0 Å². The highest BCUT2D eigenvalue weighted by molar-refractivity contribution is 6.30. The number of carbonyl (C=O) groups is 1. The van der Waals surface area contributed by atoms with Crippen molar-refractivity contribution in [3.05, 3.63) is 57.4 Å². The average molecular weight is 309 g/mol. The van der Waals surface area contributed by atoms with Crippen molar-refractivity contribution in [3.63, 3.8) is 0 Å². The number of rotatable bonds is 6. The van der Waals surface area contributed by atoms with Gasteiger partial charge in [0.15, 0.2) is 0 Å². The molecule has 1 aromatic heterocycles. The van der Waals surface area contributed by atoms with Gasteiger partial charge in [-0.25, -0.2) is 0 Å². The van der Waals surface area contributed by atoms with Crippen LogP contribution in [0.25, 0.3) is 0 Å². The van der Waals surface area contributed by atoms with Gasteiger partial charge in [0.05, 0.1) is 16.1 Å². The van der Waals surface area contributed by atoms with E-state index in [0.29, 0.717) is 24.5 Å². The molecule has 0 spiro atoms. The Hall–Kier alpha value is -2.41. The SMILES string of the molecule is O=C(NCCCn1cc(Cl)cn1)c1cccc([N+](=O)[O-])c1. The molecule has 0 saturated carbocycles. The maximum Gasteiger partial charge on any atom is 0.270 e. The number of carbonyl (C=O) groups excluding carboxylic acids is 1. The van der Waals surface area contributed by atoms with Crippen LogP contribution in [-0.2, 0) is 6.54 Å². The fraction of sp³-hybridized carbons (Fsp3) is 0.231. The number of nitrogens with zero attached hydrogens (tertiary/aromatic N) is 3. The average Bonchev–Trinajstić information content (AvgIpc) is 2.89. The molecule has 0 aliphatic heterocycles. The van der Waals surface area contributed by atoms with Crippen LogP contribution in [0.5, 0.6) is 0 Å². The van der Waals surface area contributed by atoms with E-state index in [9.17, 15) is 14.9 Å². The van der Waals surface area contributed by atoms with Crippen molar-refractivity contribution in [1.29, 1.82) is 0 Å². The van der Waals surface area contributed by atoms with Crippen LogP contribution in [-0.4, -0.2) is 27.2 Å². The van der Waals surface area contributed by atoms with Gasteiger partial charge in [-0.3, -0.25) is 19.6 Å². The van der Waals surface area contributed by atoms with E-state index in [2.05, 4.69) is 10.4 Å². The standard InChI is InChI=1S/C13H13ClN4O3/c14-11-8-16-17(9-11)6-2-5-15-13(19)10-3-1-4-12(7-10)18(20)21/h1,3-4,7-9H,2,5-6H2,(H,15,19). The summed E-state index contributed by atoms with van der Waals surface area (Å²) in [6.07, 6.45) is 3.92. The van der Waals surface area contributed by atoms with Crippen LogP contribution in [0.4, 0.5) is 5.69 Å². The van der Waals surface area contributed by atoms with Gasteiger partial charge < -0.3 is 5.32 Å². The molecule has 0 saturated heterocycles. The number of aryl methyl sites for hydroxylation is 1. The number of aromatic nitrogens is 2. The monoisotopic (exact) mass is 308 g/mol. The molecule has 21 heavy (non-hydrogen) atoms. The van der Waals surface area contributed by atoms with Gasteiger partial charge in [0.2, 0.25) is 0 Å². The Bertz CT molecular complexity index is 656. The van der Waals surface area contributed by atoms with E-state index >= 15 is 0 Å². The molecule has 0 radical (unpaired) electrons. The van der Waals surface area contributed by atoms with Gasteiger partial charge in [0.1, 0.15) is 0 Å². The molecule has 110 valence electrons. The Kier molecular flexibility index (Phi) is 4.89. The number of nitrogens with one attached hydrogen (secondary N) is 1. The van der Waals surface area contributed by atoms with Gasteiger partial charge in [0.25, 0.3) is 11.6 Å². The quantitative estimate of drug-likeness (QED) is 0.503. The van der Waals surface area contributed by atoms with Crippen LogP contribution in [0.15, 0.2) is 36.7 Å². The minimum atomic E-state index is -0.530. The zero-order chi connectivity index (χ0) is 15.2. The first-order valence-electron chi connectivity index (χ1n) is 6.27. The largest absolute Gasteiger partial charge is 0.352 e. The molecule has 0 atom stereocenters. The van der Waals surface area contributed by atoms with Crippen molar-refractivity contribution < 1.29 is 9.72 Å². The van der Waals surface area contributed by atoms with Crippen molar-refractivity contribution in [1.82, 2.24) is 15.1 Å². The van der Waals surface area contributed by atoms with Crippen LogP contribution >= 0.6 is 11.6 Å². The number of non-ortho nitro benzene ring substituents is 1. The van der Waals surface area contributed by atoms with Crippen molar-refractivity contribution >= 4 is 23.2 Å². The molecule has 1 heterocycles. The first-order chi connectivity index (χ1) is 10.1. The number of nitro benzene ring substituents is 1. The lowest BCUT2D eigenvalue weighted by Crippen LogP contribution is -2.25. The van der Waals surface area contributed by atoms with Crippen LogP contribution in [0.1, 0.15) is 16.8 Å². The number of nitro groups is 1. The Balaban J connectivity index is 1.81. The first-order valence-corrected chi connectivity index (χ1v) is 6.64. The highest BCUT2D eigenvalue weighted by atomic mass is 35.5. The number of amides is 1. The second-order valence-corrected chi connectivity index (χ2v) is 4.77. The highest BCUT2D eigenvalue weighted by Gasteiger charge is 2.10. The predicted octanol–water partition coefficient (Wildman–Crippen LogP) is 2.26. The van der Waals surface area contributed by atoms with E-state index in [4.69, 9.17) is 11.6 Å². The molecule has 0 aliphatic carbocycles. The molecular formula is C13H13ClN4O3. The van der Waals surface area contributed by atoms with E-state index in [1.54, 1.807) is 17.1 Å². The third kappa shape index (κ3) is 4.28. The molecule has 1 aromatic carbocycles. The minimum Gasteiger partial charge on any atom is -0.352 e. The summed E-state index contributed by atoms with van der Waals surface area (Å²) < 4.78 is 1.68. The molecule has 7 nitrogen and oxygen atoms in total. The predicted molar refractivity (Wildman–Crippen MR) is 77.3 cm³/mol. The summed E-state index contributed by atoms with van der Waals surface area (Å²) in [5, 5.41) is 17.9. The molecule has 2 aromatic rings. The van der Waals surface area contributed by atoms with Crippen LogP contribution in [0.3, 0.4) is 0 Å². The maximum absolute atomic E-state index is 11.9. The third-order valence-electron chi connectivity index (χ3n) is 2.77. The topological polar surface area (TPSA) is 90.1 Å². The highest BCUT2D eigenvalue weighted by Crippen LogP contribution is 2.12. The molecule has 2 rings (SSSR count). The second-order valence-electron chi connectivity index (χ2n) is 4.34. The van der Waals surface area contributed by atoms with E-state index in [1.165, 1.54) is 24.3 Å². The molecular weight excluding hydrogens is 296 g/mol. The molecule has 1 N–H and O–H groups in total. The van der Waals surface area contributed by atoms with Crippen molar-refractivity contribution in [2.45, 2.75) is 13.0 Å². The molecule has 0 aliphatic rings. The summed E-state index contributed by atoms with van der Waals surface area (Å²) in [6, 6.07) is 5.62. The maximum atomic E-state index is 11.9. The summed E-state index contributed by atoms with van der Waals surface area (Å²) in [4.78, 5) is 22.0. The Labute approximate surface area is 125 Å². The van der Waals surface area contributed by atoms with Gasteiger partial charge in [-0.15, -0.1) is 0 Å². The molecule has 0 bridgehead atoms. The summed E-state index contributed by atoms with van der Waals surface area (Å²) >= 11 is 5.74. The normalized spacial score (nSPS) is 10.3. The lowest BCUT2D eigenvalue weighted by molar-refractivity contribution is -0.384. The Morgan fingerprint density at radius 1 is 1.48 bits per heavy atom. The molecule has 8 heteroatoms. The summed E-state index contributed by atoms with van der Waals surface area (Å²) in [6.45, 7) is 1.07. The van der Waals surface area contributed by atoms with Gasteiger partial charge >= 0.3 is 0 Å². The smallest absolute Gasteiger partial charge is 0.270 e. The molecule has 0 fully saturated rings. The van der Waals surface area contributed by atoms with Gasteiger partial charge in [-0.2, -0.15) is 5.10 Å². The van der Waals surface area contributed by atoms with E-state index < -0.39 is 4.92 Å². The molecule has 0 unspecified atom stereocenters. The summed E-state index contributed by atoms with van der Waals surface area (Å²) in [5.74, 6) is -0.336. The Morgan fingerprint density at radius 2 is 2.29 bits per heavy atom. The van der Waals surface area contributed by atoms with E-state index in [-0.39, 0.29) is 17.2 Å². The summed E-state index contributed by atoms with van der Waals surface area (Å²) in [5.41, 5.74) is 0.167. The van der Waals surface area contributed by atoms with Crippen molar-refractivity contribution in [2.24, 2.45) is 0 Å². The third-order valence-corrected chi connectivity index (χ3v) is 2.97. The van der Waals surface area contributed by atoms with Gasteiger partial charge in [-0.1, -0.05) is 17.7 Å². The van der Waals surface area contributed by atoms with E-state index in [1.807, 2.05) is 0 Å². The van der Waals surface area contributed by atoms with Gasteiger partial charge in [-0.05, 0) is 12.5 Å². The lowest BCUT2D eigenvalue weighted by Gasteiger charge is -2.05. The van der Waals surface area contributed by atoms with Gasteiger partial charge in [0, 0.05) is 37.0 Å². The first kappa shape index (κ1) is 15.0. The van der Waals surface area contributed by atoms with Crippen LogP contribution in [0, 0.1) is 10.1 Å². The zero-order valence-electron chi connectivity index (χ0n) is 11.0. The van der Waals surface area contributed by atoms with Crippen LogP contribution in [0.2, 0.25) is 5.02 Å². The van der Waals surface area contributed by atoms with E-state index in [0.717, 1.165) is 0 Å². The fourth-order valence-electron chi connectivity index (χ4n) is 1.77. The number of hydrogen-bond donors (Lipinski definition) is 1. The van der Waals surface area contributed by atoms with Crippen molar-refractivity contribution in [2.75, 3.05) is 6.54 Å². The van der Waals surface area contributed by atoms with Crippen LogP contribution < -0.4 is 5.32 Å². The Morgan fingerprint density at radius 3 is 2.95 bits per heavy atom. The number of hydrogen-bond acceptors (Lipinski definition) is 4. The minimum absolute atomic E-state index is 0.103.